The van der Waals surface area contributed by atoms with Gasteiger partial charge in [-0.1, -0.05) is 54.6 Å². The number of nitriles is 1. The first-order valence-corrected chi connectivity index (χ1v) is 8.52. The van der Waals surface area contributed by atoms with Crippen LogP contribution in [0.3, 0.4) is 0 Å². The molecule has 4 rings (SSSR count). The molecule has 0 amide bonds. The maximum absolute atomic E-state index is 12.6. The van der Waals surface area contributed by atoms with Crippen molar-refractivity contribution in [1.82, 2.24) is 9.78 Å². The fourth-order valence-electron chi connectivity index (χ4n) is 2.95. The highest BCUT2D eigenvalue weighted by molar-refractivity contribution is 5.90. The number of aromatic nitrogens is 2. The van der Waals surface area contributed by atoms with Crippen molar-refractivity contribution in [2.75, 3.05) is 0 Å². The molecule has 3 aromatic carbocycles. The zero-order valence-corrected chi connectivity index (χ0v) is 14.4. The second-order valence-electron chi connectivity index (χ2n) is 6.04. The van der Waals surface area contributed by atoms with Crippen molar-refractivity contribution in [3.63, 3.8) is 0 Å². The van der Waals surface area contributed by atoms with Gasteiger partial charge in [-0.3, -0.25) is 4.79 Å². The van der Waals surface area contributed by atoms with Crippen molar-refractivity contribution in [1.29, 1.82) is 5.26 Å². The van der Waals surface area contributed by atoms with Crippen LogP contribution in [0.4, 0.5) is 0 Å². The number of hydrogen-bond acceptors (Lipinski definition) is 3. The minimum atomic E-state index is -0.0793. The van der Waals surface area contributed by atoms with Gasteiger partial charge in [0.05, 0.1) is 23.0 Å². The molecule has 0 spiro atoms. The van der Waals surface area contributed by atoms with Crippen LogP contribution in [0.25, 0.3) is 28.7 Å². The Morgan fingerprint density at radius 2 is 1.56 bits per heavy atom. The third-order valence-electron chi connectivity index (χ3n) is 4.28. The summed E-state index contributed by atoms with van der Waals surface area (Å²) in [5.74, 6) is 0. The van der Waals surface area contributed by atoms with E-state index in [4.69, 9.17) is 5.26 Å². The average Bonchev–Trinajstić information content (AvgIpc) is 2.98. The van der Waals surface area contributed by atoms with Crippen molar-refractivity contribution in [3.8, 4) is 11.8 Å². The van der Waals surface area contributed by atoms with Crippen LogP contribution in [-0.2, 0) is 0 Å². The molecule has 27 heavy (non-hydrogen) atoms. The van der Waals surface area contributed by atoms with E-state index in [-0.39, 0.29) is 5.43 Å². The molecule has 1 heterocycles. The number of hydrogen-bond donors (Lipinski definition) is 0. The monoisotopic (exact) mass is 349 g/mol. The molecule has 0 saturated heterocycles. The number of rotatable bonds is 3. The minimum absolute atomic E-state index is 0.0793. The smallest absolute Gasteiger partial charge is 0.204 e. The Labute approximate surface area is 156 Å². The van der Waals surface area contributed by atoms with E-state index in [1.807, 2.05) is 66.7 Å². The van der Waals surface area contributed by atoms with E-state index in [2.05, 4.69) is 11.2 Å². The molecule has 0 unspecified atom stereocenters. The predicted octanol–water partition coefficient (Wildman–Crippen LogP) is 4.43. The van der Waals surface area contributed by atoms with Crippen molar-refractivity contribution in [3.05, 3.63) is 106 Å². The van der Waals surface area contributed by atoms with Crippen LogP contribution in [0, 0.1) is 11.3 Å². The van der Waals surface area contributed by atoms with E-state index in [9.17, 15) is 4.79 Å². The summed E-state index contributed by atoms with van der Waals surface area (Å²) in [5, 5.41) is 14.4. The van der Waals surface area contributed by atoms with Crippen molar-refractivity contribution in [2.45, 2.75) is 0 Å². The molecule has 0 aliphatic rings. The molecule has 1 aromatic heterocycles. The topological polar surface area (TPSA) is 58.7 Å². The summed E-state index contributed by atoms with van der Waals surface area (Å²) < 4.78 is 1.69. The summed E-state index contributed by atoms with van der Waals surface area (Å²) in [5.41, 5.74) is 3.60. The van der Waals surface area contributed by atoms with Gasteiger partial charge in [-0.15, -0.1) is 0 Å². The zero-order valence-electron chi connectivity index (χ0n) is 14.4. The second kappa shape index (κ2) is 7.11. The van der Waals surface area contributed by atoms with Gasteiger partial charge in [-0.05, 0) is 42.0 Å². The normalized spacial score (nSPS) is 10.9. The highest BCUT2D eigenvalue weighted by Gasteiger charge is 2.11. The first kappa shape index (κ1) is 16.5. The molecule has 0 N–H and O–H groups in total. The summed E-state index contributed by atoms with van der Waals surface area (Å²) >= 11 is 0. The van der Waals surface area contributed by atoms with Gasteiger partial charge in [0, 0.05) is 5.39 Å². The Bertz CT molecular complexity index is 1230. The summed E-state index contributed by atoms with van der Waals surface area (Å²) in [6.45, 7) is 0. The van der Waals surface area contributed by atoms with Gasteiger partial charge in [0.2, 0.25) is 5.43 Å². The van der Waals surface area contributed by atoms with E-state index in [0.717, 1.165) is 16.6 Å². The van der Waals surface area contributed by atoms with Crippen LogP contribution in [0.15, 0.2) is 83.7 Å². The largest absolute Gasteiger partial charge is 0.288 e. The van der Waals surface area contributed by atoms with E-state index in [1.165, 1.54) is 0 Å². The Morgan fingerprint density at radius 3 is 2.30 bits per heavy atom. The van der Waals surface area contributed by atoms with E-state index in [0.29, 0.717) is 16.8 Å². The number of nitrogens with zero attached hydrogens (tertiary/aromatic N) is 3. The Hall–Kier alpha value is -3.97. The molecule has 0 bridgehead atoms. The van der Waals surface area contributed by atoms with Crippen LogP contribution in [0.2, 0.25) is 0 Å². The molecule has 0 aliphatic carbocycles. The Balaban J connectivity index is 1.87. The molecule has 0 aliphatic heterocycles. The molecule has 4 heteroatoms. The lowest BCUT2D eigenvalue weighted by atomic mass is 10.1. The summed E-state index contributed by atoms with van der Waals surface area (Å²) in [6.07, 6.45) is 3.82. The van der Waals surface area contributed by atoms with Crippen LogP contribution in [0.5, 0.6) is 0 Å². The van der Waals surface area contributed by atoms with Gasteiger partial charge < -0.3 is 0 Å². The first-order chi connectivity index (χ1) is 13.3. The SMILES string of the molecule is N#Cc1ccc(/C=C/c2nn(-c3ccccc3)c3c(=O)ccccc23)cc1. The Kier molecular flexibility index (Phi) is 4.34. The first-order valence-electron chi connectivity index (χ1n) is 8.52. The second-order valence-corrected chi connectivity index (χ2v) is 6.04. The van der Waals surface area contributed by atoms with E-state index in [1.54, 1.807) is 28.9 Å². The van der Waals surface area contributed by atoms with Gasteiger partial charge in [0.25, 0.3) is 0 Å². The van der Waals surface area contributed by atoms with E-state index >= 15 is 0 Å². The third-order valence-corrected chi connectivity index (χ3v) is 4.28. The lowest BCUT2D eigenvalue weighted by Crippen LogP contribution is -2.04. The number of fused-ring (bicyclic) bond motifs is 1. The molecular weight excluding hydrogens is 334 g/mol. The lowest BCUT2D eigenvalue weighted by molar-refractivity contribution is 0.902. The number of para-hydroxylation sites is 1. The van der Waals surface area contributed by atoms with Crippen molar-refractivity contribution >= 4 is 23.1 Å². The van der Waals surface area contributed by atoms with Crippen molar-refractivity contribution < 1.29 is 0 Å². The van der Waals surface area contributed by atoms with Gasteiger partial charge >= 0.3 is 0 Å². The van der Waals surface area contributed by atoms with Crippen molar-refractivity contribution in [2.24, 2.45) is 0 Å². The number of benzene rings is 2. The molecule has 128 valence electrons. The predicted molar refractivity (Wildman–Crippen MR) is 107 cm³/mol. The van der Waals surface area contributed by atoms with Crippen LogP contribution in [-0.4, -0.2) is 9.78 Å². The molecule has 0 atom stereocenters. The standard InChI is InChI=1S/C23H15N3O/c24-16-18-12-10-17(11-13-18)14-15-21-20-8-4-5-9-22(27)23(20)26(25-21)19-6-2-1-3-7-19/h1-15H/b15-14+. The van der Waals surface area contributed by atoms with Gasteiger partial charge in [-0.25, -0.2) is 4.68 Å². The molecule has 0 saturated carbocycles. The molecule has 4 aromatic rings. The van der Waals surface area contributed by atoms with Gasteiger partial charge in [-0.2, -0.15) is 10.4 Å². The summed E-state index contributed by atoms with van der Waals surface area (Å²) in [4.78, 5) is 12.6. The fraction of sp³-hybridized carbons (Fsp3) is 0. The lowest BCUT2D eigenvalue weighted by Gasteiger charge is -2.00. The maximum Gasteiger partial charge on any atom is 0.204 e. The molecular formula is C23H15N3O. The molecule has 4 nitrogen and oxygen atoms in total. The van der Waals surface area contributed by atoms with E-state index < -0.39 is 0 Å². The highest BCUT2D eigenvalue weighted by Crippen LogP contribution is 2.21. The zero-order chi connectivity index (χ0) is 18.6. The molecule has 0 radical (unpaired) electrons. The molecule has 0 fully saturated rings. The summed E-state index contributed by atoms with van der Waals surface area (Å²) in [7, 11) is 0. The quantitative estimate of drug-likeness (QED) is 0.550. The fourth-order valence-corrected chi connectivity index (χ4v) is 2.95. The maximum atomic E-state index is 12.6. The Morgan fingerprint density at radius 1 is 0.852 bits per heavy atom. The van der Waals surface area contributed by atoms with Gasteiger partial charge in [0.15, 0.2) is 0 Å². The van der Waals surface area contributed by atoms with Gasteiger partial charge in [0.1, 0.15) is 5.52 Å². The highest BCUT2D eigenvalue weighted by atomic mass is 16.1. The van der Waals surface area contributed by atoms with Crippen LogP contribution in [0.1, 0.15) is 16.8 Å². The minimum Gasteiger partial charge on any atom is -0.288 e. The van der Waals surface area contributed by atoms with Crippen LogP contribution >= 0.6 is 0 Å². The van der Waals surface area contributed by atoms with Crippen LogP contribution < -0.4 is 5.43 Å². The average molecular weight is 349 g/mol. The summed E-state index contributed by atoms with van der Waals surface area (Å²) in [6, 6.07) is 26.1. The third kappa shape index (κ3) is 3.26.